The Morgan fingerprint density at radius 3 is 3.00 bits per heavy atom. The van der Waals surface area contributed by atoms with E-state index in [2.05, 4.69) is 0 Å². The molecule has 0 N–H and O–H groups in total. The van der Waals surface area contributed by atoms with Gasteiger partial charge in [-0.2, -0.15) is 0 Å². The lowest BCUT2D eigenvalue weighted by molar-refractivity contribution is -0.107. The number of hydrogen-bond acceptors (Lipinski definition) is 2. The van der Waals surface area contributed by atoms with Crippen LogP contribution in [0.15, 0.2) is 24.3 Å². The van der Waals surface area contributed by atoms with Gasteiger partial charge in [-0.3, -0.25) is 0 Å². The normalized spacial score (nSPS) is 10.5. The van der Waals surface area contributed by atoms with Crippen LogP contribution in [0.3, 0.4) is 0 Å². The van der Waals surface area contributed by atoms with Crippen molar-refractivity contribution in [2.24, 2.45) is 0 Å². The predicted octanol–water partition coefficient (Wildman–Crippen LogP) is 3.30. The summed E-state index contributed by atoms with van der Waals surface area (Å²) in [5.41, 5.74) is 0. The Balaban J connectivity index is 2.55. The minimum Gasteiger partial charge on any atom is -0.303 e. The van der Waals surface area contributed by atoms with Gasteiger partial charge in [-0.05, 0) is 29.7 Å². The maximum atomic E-state index is 10.3. The van der Waals surface area contributed by atoms with Gasteiger partial charge in [0.1, 0.15) is 6.29 Å². The molecule has 0 radical (unpaired) electrons. The summed E-state index contributed by atoms with van der Waals surface area (Å²) in [6.07, 6.45) is 1.42. The minimum atomic E-state index is 0.497. The number of carbonyl (C=O) groups excluding carboxylic acids is 1. The van der Waals surface area contributed by atoms with Crippen molar-refractivity contribution in [3.05, 3.63) is 34.2 Å². The van der Waals surface area contributed by atoms with Gasteiger partial charge < -0.3 is 4.79 Å². The third-order valence-electron chi connectivity index (χ3n) is 1.81. The van der Waals surface area contributed by atoms with Crippen LogP contribution in [0.2, 0.25) is 5.02 Å². The molecule has 0 fully saturated rings. The Hall–Kier alpha value is -0.860. The second-order valence-corrected chi connectivity index (χ2v) is 4.37. The van der Waals surface area contributed by atoms with Crippen LogP contribution in [0.4, 0.5) is 0 Å². The summed E-state index contributed by atoms with van der Waals surface area (Å²) < 4.78 is 1.18. The van der Waals surface area contributed by atoms with Gasteiger partial charge >= 0.3 is 0 Å². The third kappa shape index (κ3) is 1.74. The van der Waals surface area contributed by atoms with Crippen molar-refractivity contribution in [1.29, 1.82) is 0 Å². The first-order valence-electron chi connectivity index (χ1n) is 3.91. The highest BCUT2D eigenvalue weighted by Gasteiger charge is 2.01. The highest BCUT2D eigenvalue weighted by molar-refractivity contribution is 7.19. The number of benzene rings is 1. The molecular formula is C10H7ClOS. The van der Waals surface area contributed by atoms with Crippen molar-refractivity contribution in [2.45, 2.75) is 6.42 Å². The topological polar surface area (TPSA) is 17.1 Å². The first-order chi connectivity index (χ1) is 6.29. The zero-order valence-electron chi connectivity index (χ0n) is 6.79. The number of halogens is 1. The van der Waals surface area contributed by atoms with Crippen molar-refractivity contribution in [3.63, 3.8) is 0 Å². The molecule has 0 atom stereocenters. The average molecular weight is 211 g/mol. The van der Waals surface area contributed by atoms with Gasteiger partial charge in [-0.15, -0.1) is 11.3 Å². The van der Waals surface area contributed by atoms with E-state index in [1.54, 1.807) is 11.3 Å². The number of aldehydes is 1. The van der Waals surface area contributed by atoms with Gasteiger partial charge in [0, 0.05) is 21.0 Å². The number of carbonyl (C=O) groups is 1. The molecule has 0 saturated heterocycles. The van der Waals surface area contributed by atoms with E-state index >= 15 is 0 Å². The molecule has 66 valence electrons. The van der Waals surface area contributed by atoms with Gasteiger partial charge in [0.05, 0.1) is 0 Å². The zero-order chi connectivity index (χ0) is 9.26. The van der Waals surface area contributed by atoms with Gasteiger partial charge in [-0.25, -0.2) is 0 Å². The SMILES string of the molecule is O=CCc1cc2cc(Cl)ccc2s1. The molecule has 2 rings (SSSR count). The summed E-state index contributed by atoms with van der Waals surface area (Å²) in [6, 6.07) is 7.78. The van der Waals surface area contributed by atoms with Crippen molar-refractivity contribution >= 4 is 39.3 Å². The molecule has 0 saturated carbocycles. The summed E-state index contributed by atoms with van der Waals surface area (Å²) in [5.74, 6) is 0. The molecule has 2 aromatic rings. The van der Waals surface area contributed by atoms with Crippen LogP contribution < -0.4 is 0 Å². The third-order valence-corrected chi connectivity index (χ3v) is 3.19. The van der Waals surface area contributed by atoms with E-state index in [1.165, 1.54) is 4.70 Å². The Labute approximate surface area is 84.9 Å². The lowest BCUT2D eigenvalue weighted by Gasteiger charge is -1.88. The van der Waals surface area contributed by atoms with Crippen LogP contribution in [0, 0.1) is 0 Å². The molecule has 0 bridgehead atoms. The monoisotopic (exact) mass is 210 g/mol. The van der Waals surface area contributed by atoms with E-state index in [0.717, 1.165) is 21.6 Å². The van der Waals surface area contributed by atoms with E-state index in [-0.39, 0.29) is 0 Å². The minimum absolute atomic E-state index is 0.497. The molecular weight excluding hydrogens is 204 g/mol. The maximum Gasteiger partial charge on any atom is 0.125 e. The Kier molecular flexibility index (Phi) is 2.34. The summed E-state index contributed by atoms with van der Waals surface area (Å²) in [5, 5.41) is 1.86. The Morgan fingerprint density at radius 2 is 2.23 bits per heavy atom. The molecule has 0 aliphatic rings. The molecule has 0 aliphatic heterocycles. The van der Waals surface area contributed by atoms with Crippen LogP contribution >= 0.6 is 22.9 Å². The lowest BCUT2D eigenvalue weighted by atomic mass is 10.2. The number of fused-ring (bicyclic) bond motifs is 1. The molecule has 13 heavy (non-hydrogen) atoms. The van der Waals surface area contributed by atoms with E-state index in [0.29, 0.717) is 6.42 Å². The first kappa shape index (κ1) is 8.73. The van der Waals surface area contributed by atoms with Gasteiger partial charge in [0.15, 0.2) is 0 Å². The predicted molar refractivity (Wildman–Crippen MR) is 56.6 cm³/mol. The van der Waals surface area contributed by atoms with Gasteiger partial charge in [0.2, 0.25) is 0 Å². The fourth-order valence-corrected chi connectivity index (χ4v) is 2.42. The zero-order valence-corrected chi connectivity index (χ0v) is 8.36. The molecule has 0 spiro atoms. The van der Waals surface area contributed by atoms with E-state index in [4.69, 9.17) is 11.6 Å². The second-order valence-electron chi connectivity index (χ2n) is 2.77. The molecule has 1 aromatic heterocycles. The number of thiophene rings is 1. The largest absolute Gasteiger partial charge is 0.303 e. The quantitative estimate of drug-likeness (QED) is 0.696. The highest BCUT2D eigenvalue weighted by atomic mass is 35.5. The number of hydrogen-bond donors (Lipinski definition) is 0. The van der Waals surface area contributed by atoms with Crippen LogP contribution in [0.5, 0.6) is 0 Å². The summed E-state index contributed by atoms with van der Waals surface area (Å²) >= 11 is 7.48. The molecule has 0 aliphatic carbocycles. The maximum absolute atomic E-state index is 10.3. The summed E-state index contributed by atoms with van der Waals surface area (Å²) in [7, 11) is 0. The molecule has 1 heterocycles. The summed E-state index contributed by atoms with van der Waals surface area (Å²) in [4.78, 5) is 11.4. The van der Waals surface area contributed by atoms with Crippen LogP contribution in [0.1, 0.15) is 4.88 Å². The number of rotatable bonds is 2. The fraction of sp³-hybridized carbons (Fsp3) is 0.100. The highest BCUT2D eigenvalue weighted by Crippen LogP contribution is 2.27. The summed E-state index contributed by atoms with van der Waals surface area (Å²) in [6.45, 7) is 0. The molecule has 0 unspecified atom stereocenters. The van der Waals surface area contributed by atoms with Crippen LogP contribution in [-0.2, 0) is 11.2 Å². The molecule has 3 heteroatoms. The molecule has 1 aromatic carbocycles. The van der Waals surface area contributed by atoms with Crippen molar-refractivity contribution in [3.8, 4) is 0 Å². The smallest absolute Gasteiger partial charge is 0.125 e. The van der Waals surface area contributed by atoms with Gasteiger partial charge in [0.25, 0.3) is 0 Å². The van der Waals surface area contributed by atoms with Crippen molar-refractivity contribution in [2.75, 3.05) is 0 Å². The van der Waals surface area contributed by atoms with E-state index in [1.807, 2.05) is 24.3 Å². The fourth-order valence-electron chi connectivity index (χ4n) is 1.25. The van der Waals surface area contributed by atoms with Gasteiger partial charge in [-0.1, -0.05) is 11.6 Å². The van der Waals surface area contributed by atoms with Crippen LogP contribution in [0.25, 0.3) is 10.1 Å². The van der Waals surface area contributed by atoms with Crippen molar-refractivity contribution < 1.29 is 4.79 Å². The van der Waals surface area contributed by atoms with E-state index < -0.39 is 0 Å². The Bertz CT molecular complexity index is 447. The average Bonchev–Trinajstić information content (AvgIpc) is 2.46. The molecule has 0 amide bonds. The second kappa shape index (κ2) is 3.48. The molecule has 1 nitrogen and oxygen atoms in total. The van der Waals surface area contributed by atoms with E-state index in [9.17, 15) is 4.79 Å². The lowest BCUT2D eigenvalue weighted by Crippen LogP contribution is -1.76. The Morgan fingerprint density at radius 1 is 1.38 bits per heavy atom. The van der Waals surface area contributed by atoms with Crippen molar-refractivity contribution in [1.82, 2.24) is 0 Å². The first-order valence-corrected chi connectivity index (χ1v) is 5.10. The van der Waals surface area contributed by atoms with Crippen LogP contribution in [-0.4, -0.2) is 6.29 Å². The standard InChI is InChI=1S/C10H7ClOS/c11-8-1-2-10-7(5-8)6-9(13-10)3-4-12/h1-2,4-6H,3H2.